The molecular formula is C16H20FNO. The van der Waals surface area contributed by atoms with Gasteiger partial charge in [-0.3, -0.25) is 0 Å². The molecule has 102 valence electrons. The summed E-state index contributed by atoms with van der Waals surface area (Å²) in [7, 11) is 0. The lowest BCUT2D eigenvalue weighted by Gasteiger charge is -2.33. The lowest BCUT2D eigenvalue weighted by Crippen LogP contribution is -2.32. The zero-order valence-corrected chi connectivity index (χ0v) is 11.5. The van der Waals surface area contributed by atoms with Crippen LogP contribution in [0.25, 0.3) is 11.0 Å². The van der Waals surface area contributed by atoms with Crippen molar-refractivity contribution in [3.8, 4) is 0 Å². The van der Waals surface area contributed by atoms with Gasteiger partial charge in [-0.05, 0) is 50.4 Å². The van der Waals surface area contributed by atoms with Crippen LogP contribution in [0.3, 0.4) is 0 Å². The third kappa shape index (κ3) is 2.16. The van der Waals surface area contributed by atoms with E-state index in [0.717, 1.165) is 28.8 Å². The number of nitrogens with one attached hydrogen (secondary N) is 1. The molecule has 1 atom stereocenters. The van der Waals surface area contributed by atoms with Gasteiger partial charge in [0.05, 0.1) is 6.04 Å². The largest absolute Gasteiger partial charge is 0.459 e. The molecule has 0 spiro atoms. The molecule has 0 radical (unpaired) electrons. The van der Waals surface area contributed by atoms with Crippen molar-refractivity contribution in [3.63, 3.8) is 0 Å². The number of aryl methyl sites for hydroxylation is 1. The topological polar surface area (TPSA) is 25.2 Å². The van der Waals surface area contributed by atoms with Gasteiger partial charge < -0.3 is 9.73 Å². The Labute approximate surface area is 113 Å². The van der Waals surface area contributed by atoms with Gasteiger partial charge in [-0.25, -0.2) is 4.39 Å². The summed E-state index contributed by atoms with van der Waals surface area (Å²) in [5.41, 5.74) is 1.86. The van der Waals surface area contributed by atoms with E-state index in [1.807, 2.05) is 6.92 Å². The molecule has 0 bridgehead atoms. The van der Waals surface area contributed by atoms with Crippen LogP contribution >= 0.6 is 0 Å². The molecule has 19 heavy (non-hydrogen) atoms. The quantitative estimate of drug-likeness (QED) is 0.886. The minimum absolute atomic E-state index is 0.202. The maximum Gasteiger partial charge on any atom is 0.134 e. The first-order valence-corrected chi connectivity index (χ1v) is 7.12. The monoisotopic (exact) mass is 261 g/mol. The molecule has 1 aromatic heterocycles. The maximum absolute atomic E-state index is 13.4. The zero-order chi connectivity index (χ0) is 13.4. The molecule has 1 heterocycles. The Bertz CT molecular complexity index is 586. The minimum Gasteiger partial charge on any atom is -0.459 e. The Morgan fingerprint density at radius 3 is 2.84 bits per heavy atom. The van der Waals surface area contributed by atoms with E-state index >= 15 is 0 Å². The van der Waals surface area contributed by atoms with Crippen LogP contribution in [0.4, 0.5) is 4.39 Å². The van der Waals surface area contributed by atoms with E-state index in [2.05, 4.69) is 12.2 Å². The molecule has 1 saturated carbocycles. The van der Waals surface area contributed by atoms with Crippen molar-refractivity contribution in [1.82, 2.24) is 5.32 Å². The lowest BCUT2D eigenvalue weighted by molar-refractivity contribution is 0.211. The van der Waals surface area contributed by atoms with Gasteiger partial charge in [0.15, 0.2) is 0 Å². The molecule has 1 unspecified atom stereocenters. The summed E-state index contributed by atoms with van der Waals surface area (Å²) >= 11 is 0. The predicted molar refractivity (Wildman–Crippen MR) is 74.7 cm³/mol. The summed E-state index contributed by atoms with van der Waals surface area (Å²) < 4.78 is 19.3. The highest BCUT2D eigenvalue weighted by Gasteiger charge is 2.31. The van der Waals surface area contributed by atoms with E-state index in [4.69, 9.17) is 4.42 Å². The molecule has 1 aliphatic carbocycles. The number of benzene rings is 1. The van der Waals surface area contributed by atoms with Gasteiger partial charge in [0.1, 0.15) is 17.2 Å². The first-order valence-electron chi connectivity index (χ1n) is 7.12. The van der Waals surface area contributed by atoms with Crippen LogP contribution in [0.15, 0.2) is 22.6 Å². The SMILES string of the molecule is CCNC(c1oc2ccc(F)cc2c1C)C1CCC1. The number of hydrogen-bond acceptors (Lipinski definition) is 2. The van der Waals surface area contributed by atoms with E-state index in [1.165, 1.54) is 25.3 Å². The van der Waals surface area contributed by atoms with Gasteiger partial charge in [-0.2, -0.15) is 0 Å². The molecule has 1 fully saturated rings. The molecule has 1 aliphatic rings. The van der Waals surface area contributed by atoms with E-state index in [9.17, 15) is 4.39 Å². The lowest BCUT2D eigenvalue weighted by atomic mass is 9.78. The second-order valence-corrected chi connectivity index (χ2v) is 5.46. The Balaban J connectivity index is 2.04. The number of rotatable bonds is 4. The van der Waals surface area contributed by atoms with Gasteiger partial charge in [-0.1, -0.05) is 13.3 Å². The average molecular weight is 261 g/mol. The summed E-state index contributed by atoms with van der Waals surface area (Å²) in [5.74, 6) is 1.45. The molecular weight excluding hydrogens is 241 g/mol. The van der Waals surface area contributed by atoms with Crippen molar-refractivity contribution in [1.29, 1.82) is 0 Å². The standard InChI is InChI=1S/C16H20FNO/c1-3-18-15(11-5-4-6-11)16-10(2)13-9-12(17)7-8-14(13)19-16/h7-9,11,15,18H,3-6H2,1-2H3. The third-order valence-corrected chi connectivity index (χ3v) is 4.26. The van der Waals surface area contributed by atoms with Crippen LogP contribution in [0.5, 0.6) is 0 Å². The fraction of sp³-hybridized carbons (Fsp3) is 0.500. The average Bonchev–Trinajstić information content (AvgIpc) is 2.64. The maximum atomic E-state index is 13.4. The number of hydrogen-bond donors (Lipinski definition) is 1. The Kier molecular flexibility index (Phi) is 3.31. The third-order valence-electron chi connectivity index (χ3n) is 4.26. The summed E-state index contributed by atoms with van der Waals surface area (Å²) in [6.45, 7) is 5.07. The van der Waals surface area contributed by atoms with E-state index < -0.39 is 0 Å². The predicted octanol–water partition coefficient (Wildman–Crippen LogP) is 4.33. The van der Waals surface area contributed by atoms with Crippen molar-refractivity contribution < 1.29 is 8.81 Å². The number of furan rings is 1. The van der Waals surface area contributed by atoms with E-state index in [1.54, 1.807) is 12.1 Å². The van der Waals surface area contributed by atoms with Crippen LogP contribution in [0.1, 0.15) is 43.6 Å². The highest BCUT2D eigenvalue weighted by molar-refractivity contribution is 5.82. The summed E-state index contributed by atoms with van der Waals surface area (Å²) in [5, 5.41) is 4.43. The van der Waals surface area contributed by atoms with Crippen LogP contribution in [-0.2, 0) is 0 Å². The van der Waals surface area contributed by atoms with Crippen molar-refractivity contribution in [3.05, 3.63) is 35.3 Å². The Hall–Kier alpha value is -1.35. The first-order chi connectivity index (χ1) is 9.20. The van der Waals surface area contributed by atoms with Gasteiger partial charge in [-0.15, -0.1) is 0 Å². The molecule has 0 saturated heterocycles. The normalized spacial score (nSPS) is 17.6. The van der Waals surface area contributed by atoms with Crippen LogP contribution in [0.2, 0.25) is 0 Å². The van der Waals surface area contributed by atoms with Crippen LogP contribution in [0, 0.1) is 18.7 Å². The first kappa shape index (κ1) is 12.7. The fourth-order valence-electron chi connectivity index (χ4n) is 2.98. The minimum atomic E-state index is -0.202. The van der Waals surface area contributed by atoms with E-state index in [-0.39, 0.29) is 11.9 Å². The second-order valence-electron chi connectivity index (χ2n) is 5.46. The van der Waals surface area contributed by atoms with Crippen molar-refractivity contribution in [2.45, 2.75) is 39.2 Å². The molecule has 2 aromatic rings. The van der Waals surface area contributed by atoms with Gasteiger partial charge >= 0.3 is 0 Å². The zero-order valence-electron chi connectivity index (χ0n) is 11.5. The Morgan fingerprint density at radius 1 is 1.42 bits per heavy atom. The van der Waals surface area contributed by atoms with Crippen molar-refractivity contribution >= 4 is 11.0 Å². The molecule has 1 aromatic carbocycles. The number of fused-ring (bicyclic) bond motifs is 1. The van der Waals surface area contributed by atoms with Crippen LogP contribution < -0.4 is 5.32 Å². The molecule has 1 N–H and O–H groups in total. The molecule has 3 rings (SSSR count). The van der Waals surface area contributed by atoms with Gasteiger partial charge in [0.25, 0.3) is 0 Å². The number of halogens is 1. The molecule has 2 nitrogen and oxygen atoms in total. The van der Waals surface area contributed by atoms with E-state index in [0.29, 0.717) is 5.92 Å². The smallest absolute Gasteiger partial charge is 0.134 e. The summed E-state index contributed by atoms with van der Waals surface area (Å²) in [4.78, 5) is 0. The Morgan fingerprint density at radius 2 is 2.21 bits per heavy atom. The van der Waals surface area contributed by atoms with Gasteiger partial charge in [0.2, 0.25) is 0 Å². The fourth-order valence-corrected chi connectivity index (χ4v) is 2.98. The highest BCUT2D eigenvalue weighted by atomic mass is 19.1. The van der Waals surface area contributed by atoms with Crippen molar-refractivity contribution in [2.75, 3.05) is 6.54 Å². The second kappa shape index (κ2) is 4.97. The van der Waals surface area contributed by atoms with Gasteiger partial charge in [0, 0.05) is 10.9 Å². The highest BCUT2D eigenvalue weighted by Crippen LogP contribution is 2.41. The molecule has 3 heteroatoms. The summed E-state index contributed by atoms with van der Waals surface area (Å²) in [6.07, 6.45) is 3.81. The molecule has 0 aliphatic heterocycles. The van der Waals surface area contributed by atoms with Crippen LogP contribution in [-0.4, -0.2) is 6.54 Å². The van der Waals surface area contributed by atoms with Crippen molar-refractivity contribution in [2.24, 2.45) is 5.92 Å². The molecule has 0 amide bonds. The summed E-state index contributed by atoms with van der Waals surface area (Å²) in [6, 6.07) is 5.03.